The number of thiophene rings is 1. The Morgan fingerprint density at radius 1 is 1.03 bits per heavy atom. The molecule has 1 unspecified atom stereocenters. The van der Waals surface area contributed by atoms with Crippen molar-refractivity contribution >= 4 is 17.2 Å². The summed E-state index contributed by atoms with van der Waals surface area (Å²) in [5.74, 6) is 0.373. The lowest BCUT2D eigenvalue weighted by atomic mass is 10.0. The van der Waals surface area contributed by atoms with E-state index in [1.54, 1.807) is 11.3 Å². The minimum atomic E-state index is -0.342. The number of carbonyl (C=O) groups is 1. The second-order valence-electron chi connectivity index (χ2n) is 7.46. The highest BCUT2D eigenvalue weighted by atomic mass is 32.1. The Hall–Kier alpha value is -3.71. The van der Waals surface area contributed by atoms with Crippen molar-refractivity contribution < 1.29 is 9.53 Å². The summed E-state index contributed by atoms with van der Waals surface area (Å²) in [6.07, 6.45) is 0.954. The number of rotatable bonds is 9. The fraction of sp³-hybridized carbons (Fsp3) is 0.192. The number of nitrogens with zero attached hydrogens (tertiary/aromatic N) is 2. The van der Waals surface area contributed by atoms with E-state index < -0.39 is 0 Å². The molecule has 0 spiro atoms. The molecule has 33 heavy (non-hydrogen) atoms. The van der Waals surface area contributed by atoms with Crippen LogP contribution in [0, 0.1) is 0 Å². The first kappa shape index (κ1) is 22.5. The van der Waals surface area contributed by atoms with Crippen molar-refractivity contribution in [1.29, 1.82) is 0 Å². The van der Waals surface area contributed by atoms with E-state index in [1.165, 1.54) is 22.4 Å². The Kier molecular flexibility index (Phi) is 7.32. The quantitative estimate of drug-likeness (QED) is 0.401. The van der Waals surface area contributed by atoms with Gasteiger partial charge in [0.1, 0.15) is 18.1 Å². The van der Waals surface area contributed by atoms with Crippen molar-refractivity contribution in [3.63, 3.8) is 0 Å². The van der Waals surface area contributed by atoms with Gasteiger partial charge < -0.3 is 10.1 Å². The molecule has 0 bridgehead atoms. The normalized spacial score (nSPS) is 11.7. The predicted molar refractivity (Wildman–Crippen MR) is 130 cm³/mol. The molecule has 1 atom stereocenters. The topological polar surface area (TPSA) is 73.2 Å². The summed E-state index contributed by atoms with van der Waals surface area (Å²) in [5, 5.41) is 9.34. The standard InChI is InChI=1S/C26H25N3O3S/c1-2-19-10-12-20(13-11-19)25(23-9-6-18-33-23)27-26(31)22-14-15-24(30)29(28-22)16-17-32-21-7-4-3-5-8-21/h3-15,18,25H,2,16-17H2,1H3,(H,27,31). The first-order valence-electron chi connectivity index (χ1n) is 10.8. The molecule has 2 heterocycles. The number of benzene rings is 2. The molecule has 7 heteroatoms. The lowest BCUT2D eigenvalue weighted by Gasteiger charge is -2.18. The molecule has 0 aliphatic carbocycles. The van der Waals surface area contributed by atoms with E-state index >= 15 is 0 Å². The van der Waals surface area contributed by atoms with E-state index in [-0.39, 0.29) is 36.4 Å². The highest BCUT2D eigenvalue weighted by molar-refractivity contribution is 7.10. The first-order valence-corrected chi connectivity index (χ1v) is 11.7. The maximum Gasteiger partial charge on any atom is 0.272 e. The molecular weight excluding hydrogens is 434 g/mol. The monoisotopic (exact) mass is 459 g/mol. The van der Waals surface area contributed by atoms with Gasteiger partial charge in [0.05, 0.1) is 12.6 Å². The average molecular weight is 460 g/mol. The number of aromatic nitrogens is 2. The molecule has 4 rings (SSSR count). The molecule has 0 radical (unpaired) electrons. The Morgan fingerprint density at radius 2 is 1.82 bits per heavy atom. The van der Waals surface area contributed by atoms with E-state index in [0.29, 0.717) is 5.75 Å². The molecule has 2 aromatic heterocycles. The molecule has 0 aliphatic rings. The lowest BCUT2D eigenvalue weighted by Crippen LogP contribution is -2.33. The van der Waals surface area contributed by atoms with Crippen LogP contribution in [0.25, 0.3) is 0 Å². The maximum absolute atomic E-state index is 13.1. The highest BCUT2D eigenvalue weighted by Gasteiger charge is 2.20. The van der Waals surface area contributed by atoms with Gasteiger partial charge in [0.15, 0.2) is 0 Å². The molecule has 0 fully saturated rings. The van der Waals surface area contributed by atoms with Gasteiger partial charge >= 0.3 is 0 Å². The Balaban J connectivity index is 1.49. The fourth-order valence-electron chi connectivity index (χ4n) is 3.42. The number of nitrogens with one attached hydrogen (secondary N) is 1. The molecule has 1 amide bonds. The van der Waals surface area contributed by atoms with E-state index in [0.717, 1.165) is 16.9 Å². The second-order valence-corrected chi connectivity index (χ2v) is 8.44. The summed E-state index contributed by atoms with van der Waals surface area (Å²) in [4.78, 5) is 26.4. The van der Waals surface area contributed by atoms with Gasteiger partial charge in [0, 0.05) is 10.9 Å². The van der Waals surface area contributed by atoms with Crippen molar-refractivity contribution in [1.82, 2.24) is 15.1 Å². The second kappa shape index (κ2) is 10.7. The predicted octanol–water partition coefficient (Wildman–Crippen LogP) is 4.47. The van der Waals surface area contributed by atoms with Crippen LogP contribution in [0.2, 0.25) is 0 Å². The fourth-order valence-corrected chi connectivity index (χ4v) is 4.22. The molecule has 1 N–H and O–H groups in total. The summed E-state index contributed by atoms with van der Waals surface area (Å²) in [6.45, 7) is 2.62. The van der Waals surface area contributed by atoms with Crippen molar-refractivity contribution in [2.75, 3.05) is 6.61 Å². The summed E-state index contributed by atoms with van der Waals surface area (Å²) < 4.78 is 6.91. The number of para-hydroxylation sites is 1. The van der Waals surface area contributed by atoms with Crippen molar-refractivity contribution in [3.8, 4) is 5.75 Å². The zero-order valence-corrected chi connectivity index (χ0v) is 19.1. The minimum Gasteiger partial charge on any atom is -0.492 e. The Labute approximate surface area is 196 Å². The molecule has 0 saturated heterocycles. The van der Waals surface area contributed by atoms with Crippen LogP contribution in [0.3, 0.4) is 0 Å². The third-order valence-corrected chi connectivity index (χ3v) is 6.18. The average Bonchev–Trinajstić information content (AvgIpc) is 3.39. The summed E-state index contributed by atoms with van der Waals surface area (Å²) in [6, 6.07) is 24.1. The van der Waals surface area contributed by atoms with E-state index in [2.05, 4.69) is 29.5 Å². The summed E-state index contributed by atoms with van der Waals surface area (Å²) in [5.41, 5.74) is 2.13. The number of carbonyl (C=O) groups excluding carboxylic acids is 1. The van der Waals surface area contributed by atoms with Crippen LogP contribution in [0.1, 0.15) is 39.5 Å². The third-order valence-electron chi connectivity index (χ3n) is 5.24. The van der Waals surface area contributed by atoms with Gasteiger partial charge in [0.25, 0.3) is 11.5 Å². The number of aryl methyl sites for hydroxylation is 1. The van der Waals surface area contributed by atoms with Gasteiger partial charge in [-0.15, -0.1) is 11.3 Å². The van der Waals surface area contributed by atoms with Gasteiger partial charge in [-0.25, -0.2) is 4.68 Å². The zero-order chi connectivity index (χ0) is 23.0. The largest absolute Gasteiger partial charge is 0.492 e. The van der Waals surface area contributed by atoms with Crippen LogP contribution in [0.5, 0.6) is 5.75 Å². The molecule has 0 aliphatic heterocycles. The van der Waals surface area contributed by atoms with Crippen LogP contribution in [-0.2, 0) is 13.0 Å². The SMILES string of the molecule is CCc1ccc(C(NC(=O)c2ccc(=O)n(CCOc3ccccc3)n2)c2cccs2)cc1. The van der Waals surface area contributed by atoms with Crippen LogP contribution in [0.15, 0.2) is 89.0 Å². The van der Waals surface area contributed by atoms with Crippen LogP contribution >= 0.6 is 11.3 Å². The smallest absolute Gasteiger partial charge is 0.272 e. The molecule has 6 nitrogen and oxygen atoms in total. The van der Waals surface area contributed by atoms with Gasteiger partial charge in [-0.3, -0.25) is 9.59 Å². The highest BCUT2D eigenvalue weighted by Crippen LogP contribution is 2.26. The number of amides is 1. The molecule has 168 valence electrons. The maximum atomic E-state index is 13.1. The van der Waals surface area contributed by atoms with Crippen LogP contribution in [0.4, 0.5) is 0 Å². The molecule has 4 aromatic rings. The molecule has 2 aromatic carbocycles. The third kappa shape index (κ3) is 5.75. The minimum absolute atomic E-state index is 0.182. The number of hydrogen-bond donors (Lipinski definition) is 1. The molecule has 0 saturated carbocycles. The zero-order valence-electron chi connectivity index (χ0n) is 18.3. The van der Waals surface area contributed by atoms with Gasteiger partial charge in [0.2, 0.25) is 0 Å². The van der Waals surface area contributed by atoms with E-state index in [1.807, 2.05) is 60.0 Å². The summed E-state index contributed by atoms with van der Waals surface area (Å²) >= 11 is 1.58. The number of ether oxygens (including phenoxy) is 1. The van der Waals surface area contributed by atoms with Crippen LogP contribution in [-0.4, -0.2) is 22.3 Å². The van der Waals surface area contributed by atoms with Gasteiger partial charge in [-0.2, -0.15) is 5.10 Å². The van der Waals surface area contributed by atoms with Crippen molar-refractivity contribution in [2.24, 2.45) is 0 Å². The lowest BCUT2D eigenvalue weighted by molar-refractivity contribution is 0.0935. The number of hydrogen-bond acceptors (Lipinski definition) is 5. The van der Waals surface area contributed by atoms with Gasteiger partial charge in [-0.1, -0.05) is 55.5 Å². The summed E-state index contributed by atoms with van der Waals surface area (Å²) in [7, 11) is 0. The van der Waals surface area contributed by atoms with Gasteiger partial charge in [-0.05, 0) is 47.2 Å². The molecular formula is C26H25N3O3S. The Morgan fingerprint density at radius 3 is 2.52 bits per heavy atom. The van der Waals surface area contributed by atoms with Crippen molar-refractivity contribution in [2.45, 2.75) is 25.9 Å². The van der Waals surface area contributed by atoms with E-state index in [4.69, 9.17) is 4.74 Å². The Bertz CT molecular complexity index is 1240. The van der Waals surface area contributed by atoms with E-state index in [9.17, 15) is 9.59 Å². The van der Waals surface area contributed by atoms with Crippen molar-refractivity contribution in [3.05, 3.63) is 116 Å². The van der Waals surface area contributed by atoms with Crippen LogP contribution < -0.4 is 15.6 Å². The first-order chi connectivity index (χ1) is 16.1.